The number of hydrogen-bond donors (Lipinski definition) is 3. The van der Waals surface area contributed by atoms with Crippen molar-refractivity contribution in [3.63, 3.8) is 0 Å². The van der Waals surface area contributed by atoms with E-state index in [1.165, 1.54) is 398 Å². The molecule has 3 N–H and O–H groups in total. The van der Waals surface area contributed by atoms with Crippen LogP contribution in [0.2, 0.25) is 0 Å². The van der Waals surface area contributed by atoms with E-state index in [1.807, 2.05) is 6.08 Å². The Morgan fingerprint density at radius 2 is 0.549 bits per heavy atom. The van der Waals surface area contributed by atoms with Crippen molar-refractivity contribution in [2.45, 2.75) is 482 Å². The fourth-order valence-electron chi connectivity index (χ4n) is 13.3. The van der Waals surface area contributed by atoms with Gasteiger partial charge < -0.3 is 20.3 Å². The zero-order chi connectivity index (χ0) is 65.6. The van der Waals surface area contributed by atoms with Gasteiger partial charge in [-0.25, -0.2) is 0 Å². The van der Waals surface area contributed by atoms with Crippen LogP contribution in [0, 0.1) is 0 Å². The van der Waals surface area contributed by atoms with Crippen molar-refractivity contribution in [3.8, 4) is 0 Å². The number of carbonyl (C=O) groups excluding carboxylic acids is 2. The molecule has 0 aromatic heterocycles. The second-order valence-corrected chi connectivity index (χ2v) is 28.8. The molecule has 0 aliphatic rings. The smallest absolute Gasteiger partial charge is 0.305 e. The van der Waals surface area contributed by atoms with Crippen LogP contribution in [-0.4, -0.2) is 47.4 Å². The number of hydrogen-bond acceptors (Lipinski definition) is 5. The molecule has 538 valence electrons. The molecule has 0 aliphatic carbocycles. The van der Waals surface area contributed by atoms with Crippen molar-refractivity contribution in [1.82, 2.24) is 5.32 Å². The maximum Gasteiger partial charge on any atom is 0.305 e. The third-order valence-electron chi connectivity index (χ3n) is 19.7. The van der Waals surface area contributed by atoms with Crippen LogP contribution in [0.4, 0.5) is 0 Å². The Kier molecular flexibility index (Phi) is 78.8. The first-order chi connectivity index (χ1) is 45.0. The van der Waals surface area contributed by atoms with Crippen LogP contribution in [0.1, 0.15) is 470 Å². The van der Waals surface area contributed by atoms with Gasteiger partial charge in [-0.3, -0.25) is 9.59 Å². The quantitative estimate of drug-likeness (QED) is 0.0320. The Morgan fingerprint density at radius 3 is 0.835 bits per heavy atom. The SMILES string of the molecule is CCCCCCCCCCCCCCCC/C=C/C(O)C(CO)NC(=O)CCCCCCCCCCCCCCCCCCC/C=C\C/C=C\CCCCCCCCCCCCCCCCCOC(=O)CCCCCCCCCCCCCCCCCCCCC. The second-order valence-electron chi connectivity index (χ2n) is 28.8. The molecule has 0 aromatic rings. The van der Waals surface area contributed by atoms with Gasteiger partial charge in [0, 0.05) is 12.8 Å². The first-order valence-corrected chi connectivity index (χ1v) is 41.8. The molecule has 0 aliphatic heterocycles. The number of aliphatic hydroxyl groups is 2. The molecule has 0 rings (SSSR count). The summed E-state index contributed by atoms with van der Waals surface area (Å²) >= 11 is 0. The lowest BCUT2D eigenvalue weighted by atomic mass is 10.0. The largest absolute Gasteiger partial charge is 0.466 e. The fourth-order valence-corrected chi connectivity index (χ4v) is 13.3. The monoisotopic (exact) mass is 1280 g/mol. The molecule has 0 saturated carbocycles. The number of aliphatic hydroxyl groups excluding tert-OH is 2. The van der Waals surface area contributed by atoms with Gasteiger partial charge >= 0.3 is 5.97 Å². The van der Waals surface area contributed by atoms with Crippen molar-refractivity contribution in [2.24, 2.45) is 0 Å². The third kappa shape index (κ3) is 77.0. The fraction of sp³-hybridized carbons (Fsp3) is 0.906. The predicted molar refractivity (Wildman–Crippen MR) is 403 cm³/mol. The van der Waals surface area contributed by atoms with Gasteiger partial charge in [0.1, 0.15) is 0 Å². The molecule has 2 atom stereocenters. The van der Waals surface area contributed by atoms with E-state index >= 15 is 0 Å². The van der Waals surface area contributed by atoms with Gasteiger partial charge in [-0.05, 0) is 64.2 Å². The lowest BCUT2D eigenvalue weighted by molar-refractivity contribution is -0.143. The van der Waals surface area contributed by atoms with Crippen LogP contribution in [0.25, 0.3) is 0 Å². The highest BCUT2D eigenvalue weighted by molar-refractivity contribution is 5.76. The van der Waals surface area contributed by atoms with Crippen LogP contribution in [0.15, 0.2) is 36.5 Å². The zero-order valence-electron chi connectivity index (χ0n) is 61.9. The Bertz CT molecular complexity index is 1470. The Balaban J connectivity index is 3.34. The highest BCUT2D eigenvalue weighted by Crippen LogP contribution is 2.20. The van der Waals surface area contributed by atoms with Gasteiger partial charge in [0.25, 0.3) is 0 Å². The van der Waals surface area contributed by atoms with Crippen molar-refractivity contribution in [3.05, 3.63) is 36.5 Å². The highest BCUT2D eigenvalue weighted by atomic mass is 16.5. The predicted octanol–water partition coefficient (Wildman–Crippen LogP) is 27.8. The number of esters is 1. The molecule has 0 radical (unpaired) electrons. The normalized spacial score (nSPS) is 12.6. The number of amides is 1. The number of rotatable bonds is 79. The number of nitrogens with one attached hydrogen (secondary N) is 1. The summed E-state index contributed by atoms with van der Waals surface area (Å²) in [5, 5.41) is 23.2. The van der Waals surface area contributed by atoms with E-state index in [-0.39, 0.29) is 18.5 Å². The first kappa shape index (κ1) is 89.1. The summed E-state index contributed by atoms with van der Waals surface area (Å²) in [6.07, 6.45) is 106. The molecule has 91 heavy (non-hydrogen) atoms. The Labute approximate surface area is 570 Å². The van der Waals surface area contributed by atoms with Crippen LogP contribution >= 0.6 is 0 Å². The van der Waals surface area contributed by atoms with E-state index in [0.717, 1.165) is 44.9 Å². The highest BCUT2D eigenvalue weighted by Gasteiger charge is 2.18. The molecule has 0 aromatic carbocycles. The zero-order valence-corrected chi connectivity index (χ0v) is 61.9. The van der Waals surface area contributed by atoms with E-state index in [2.05, 4.69) is 43.5 Å². The van der Waals surface area contributed by atoms with Gasteiger partial charge in [0.05, 0.1) is 25.4 Å². The van der Waals surface area contributed by atoms with Gasteiger partial charge in [-0.1, -0.05) is 429 Å². The van der Waals surface area contributed by atoms with E-state index in [0.29, 0.717) is 19.4 Å². The van der Waals surface area contributed by atoms with Crippen molar-refractivity contribution in [1.29, 1.82) is 0 Å². The number of allylic oxidation sites excluding steroid dienone is 5. The lowest BCUT2D eigenvalue weighted by Crippen LogP contribution is -2.45. The van der Waals surface area contributed by atoms with Gasteiger partial charge in [0.15, 0.2) is 0 Å². The van der Waals surface area contributed by atoms with Crippen molar-refractivity contribution < 1.29 is 24.5 Å². The van der Waals surface area contributed by atoms with E-state index < -0.39 is 12.1 Å². The minimum absolute atomic E-state index is 0.0258. The topological polar surface area (TPSA) is 95.9 Å². The summed E-state index contributed by atoms with van der Waals surface area (Å²) in [6, 6.07) is -0.626. The van der Waals surface area contributed by atoms with Crippen LogP contribution in [0.5, 0.6) is 0 Å². The maximum absolute atomic E-state index is 12.5. The minimum atomic E-state index is -0.843. The Morgan fingerprint density at radius 1 is 0.308 bits per heavy atom. The summed E-state index contributed by atoms with van der Waals surface area (Å²) < 4.78 is 5.52. The van der Waals surface area contributed by atoms with Crippen LogP contribution in [0.3, 0.4) is 0 Å². The molecule has 0 spiro atoms. The van der Waals surface area contributed by atoms with Gasteiger partial charge in [-0.2, -0.15) is 0 Å². The molecular weight excluding hydrogens is 1110 g/mol. The average Bonchev–Trinajstić information content (AvgIpc) is 3.56. The summed E-state index contributed by atoms with van der Waals surface area (Å²) in [7, 11) is 0. The molecule has 6 nitrogen and oxygen atoms in total. The van der Waals surface area contributed by atoms with Crippen molar-refractivity contribution in [2.75, 3.05) is 13.2 Å². The average molecular weight is 1280 g/mol. The standard InChI is InChI=1S/C85H163NO5/c1-3-5-7-9-11-13-15-17-19-21-43-47-51-55-59-63-67-71-75-79-85(90)91-80-76-72-68-64-60-56-52-48-45-42-40-38-36-34-32-30-28-26-24-22-23-25-27-29-31-33-35-37-39-41-44-46-50-54-58-62-66-70-74-78-84(89)86-82(81-87)83(88)77-73-69-65-61-57-53-49-20-18-16-14-12-10-8-6-4-2/h22-23,26,28,73,77,82-83,87-88H,3-21,24-25,27,29-72,74-76,78-81H2,1-2H3,(H,86,89)/b23-22-,28-26-,77-73+. The van der Waals surface area contributed by atoms with E-state index in [1.54, 1.807) is 6.08 Å². The molecule has 0 heterocycles. The molecule has 2 unspecified atom stereocenters. The van der Waals surface area contributed by atoms with Gasteiger partial charge in [-0.15, -0.1) is 0 Å². The summed E-state index contributed by atoms with van der Waals surface area (Å²) in [5.74, 6) is -0.0358. The maximum atomic E-state index is 12.5. The summed E-state index contributed by atoms with van der Waals surface area (Å²) in [4.78, 5) is 24.6. The molecule has 0 bridgehead atoms. The molecule has 6 heteroatoms. The van der Waals surface area contributed by atoms with Crippen LogP contribution in [-0.2, 0) is 14.3 Å². The third-order valence-corrected chi connectivity index (χ3v) is 19.7. The van der Waals surface area contributed by atoms with Gasteiger partial charge in [0.2, 0.25) is 5.91 Å². The molecular formula is C85H163NO5. The molecule has 1 amide bonds. The summed E-state index contributed by atoms with van der Waals surface area (Å²) in [6.45, 7) is 4.96. The van der Waals surface area contributed by atoms with Crippen molar-refractivity contribution >= 4 is 11.9 Å². The Hall–Kier alpha value is -1.92. The first-order valence-electron chi connectivity index (χ1n) is 41.8. The molecule has 0 fully saturated rings. The summed E-state index contributed by atoms with van der Waals surface area (Å²) in [5.41, 5.74) is 0. The number of unbranched alkanes of at least 4 members (excludes halogenated alkanes) is 64. The van der Waals surface area contributed by atoms with E-state index in [9.17, 15) is 19.8 Å². The second kappa shape index (κ2) is 80.5. The number of ether oxygens (including phenoxy) is 1. The lowest BCUT2D eigenvalue weighted by Gasteiger charge is -2.20. The molecule has 0 saturated heterocycles. The minimum Gasteiger partial charge on any atom is -0.466 e. The number of carbonyl (C=O) groups is 2. The van der Waals surface area contributed by atoms with Crippen LogP contribution < -0.4 is 5.32 Å². The van der Waals surface area contributed by atoms with E-state index in [4.69, 9.17) is 4.74 Å².